The number of hydrogen-bond acceptors (Lipinski definition) is 3. The summed E-state index contributed by atoms with van der Waals surface area (Å²) in [5.41, 5.74) is 6.40. The number of nitrogens with two attached hydrogens (primary N) is 1. The smallest absolute Gasteiger partial charge is 0.129 e. The fourth-order valence-corrected chi connectivity index (χ4v) is 1.87. The first-order valence-electron chi connectivity index (χ1n) is 5.90. The van der Waals surface area contributed by atoms with Crippen molar-refractivity contribution in [2.24, 2.45) is 5.73 Å². The molecule has 1 fully saturated rings. The average molecular weight is 251 g/mol. The Labute approximate surface area is 107 Å². The van der Waals surface area contributed by atoms with Gasteiger partial charge >= 0.3 is 0 Å². The van der Waals surface area contributed by atoms with E-state index in [0.29, 0.717) is 24.3 Å². The second-order valence-electron chi connectivity index (χ2n) is 4.13. The third-order valence-corrected chi connectivity index (χ3v) is 3.12. The van der Waals surface area contributed by atoms with Crippen molar-refractivity contribution in [1.82, 2.24) is 0 Å². The van der Waals surface area contributed by atoms with Gasteiger partial charge in [0.05, 0.1) is 18.3 Å². The van der Waals surface area contributed by atoms with Gasteiger partial charge in [-0.05, 0) is 31.4 Å². The van der Waals surface area contributed by atoms with Crippen LogP contribution in [0.1, 0.15) is 24.8 Å². The highest BCUT2D eigenvalue weighted by molar-refractivity contribution is 7.80. The molecule has 0 aromatic heterocycles. The molecular formula is C13H17NO2S. The molecule has 1 aromatic carbocycles. The number of para-hydroxylation sites is 1. The highest BCUT2D eigenvalue weighted by Crippen LogP contribution is 2.22. The van der Waals surface area contributed by atoms with E-state index in [1.165, 1.54) is 19.3 Å². The second kappa shape index (κ2) is 5.98. The Morgan fingerprint density at radius 2 is 2.06 bits per heavy atom. The molecule has 1 saturated carbocycles. The zero-order valence-electron chi connectivity index (χ0n) is 9.72. The zero-order chi connectivity index (χ0) is 12.1. The molecule has 0 bridgehead atoms. The van der Waals surface area contributed by atoms with E-state index in [2.05, 4.69) is 0 Å². The third-order valence-electron chi connectivity index (χ3n) is 2.90. The van der Waals surface area contributed by atoms with Crippen LogP contribution in [-0.2, 0) is 4.74 Å². The Morgan fingerprint density at radius 3 is 2.71 bits per heavy atom. The van der Waals surface area contributed by atoms with Crippen molar-refractivity contribution in [3.63, 3.8) is 0 Å². The molecule has 0 saturated heterocycles. The Bertz CT molecular complexity index is 391. The van der Waals surface area contributed by atoms with Crippen molar-refractivity contribution in [1.29, 1.82) is 0 Å². The minimum absolute atomic E-state index is 0.362. The van der Waals surface area contributed by atoms with E-state index in [-0.39, 0.29) is 0 Å². The van der Waals surface area contributed by atoms with Crippen LogP contribution < -0.4 is 10.5 Å². The summed E-state index contributed by atoms with van der Waals surface area (Å²) in [6.45, 7) is 1.16. The number of rotatable bonds is 6. The summed E-state index contributed by atoms with van der Waals surface area (Å²) in [5, 5.41) is 0. The molecule has 0 unspecified atom stereocenters. The van der Waals surface area contributed by atoms with Crippen molar-refractivity contribution < 1.29 is 9.47 Å². The van der Waals surface area contributed by atoms with Crippen molar-refractivity contribution >= 4 is 17.2 Å². The van der Waals surface area contributed by atoms with E-state index in [1.807, 2.05) is 24.3 Å². The highest BCUT2D eigenvalue weighted by Gasteiger charge is 2.17. The third kappa shape index (κ3) is 3.41. The van der Waals surface area contributed by atoms with Crippen LogP contribution >= 0.6 is 12.2 Å². The second-order valence-corrected chi connectivity index (χ2v) is 4.57. The molecule has 92 valence electrons. The van der Waals surface area contributed by atoms with E-state index in [1.54, 1.807) is 0 Å². The molecule has 0 aliphatic heterocycles. The van der Waals surface area contributed by atoms with Crippen LogP contribution in [0.15, 0.2) is 24.3 Å². The van der Waals surface area contributed by atoms with Crippen LogP contribution in [0, 0.1) is 0 Å². The first kappa shape index (κ1) is 12.3. The standard InChI is InChI=1S/C13H17NO2S/c14-13(17)11-6-1-2-7-12(11)16-9-8-15-10-4-3-5-10/h1-2,6-7,10H,3-5,8-9H2,(H2,14,17). The first-order valence-corrected chi connectivity index (χ1v) is 6.31. The van der Waals surface area contributed by atoms with Gasteiger partial charge in [-0.2, -0.15) is 0 Å². The molecule has 0 spiro atoms. The van der Waals surface area contributed by atoms with E-state index in [9.17, 15) is 0 Å². The number of hydrogen-bond donors (Lipinski definition) is 1. The molecule has 2 rings (SSSR count). The lowest BCUT2D eigenvalue weighted by Crippen LogP contribution is -2.24. The lowest BCUT2D eigenvalue weighted by molar-refractivity contribution is -0.0104. The molecule has 0 heterocycles. The first-order chi connectivity index (χ1) is 8.27. The van der Waals surface area contributed by atoms with E-state index in [4.69, 9.17) is 27.4 Å². The Hall–Kier alpha value is -1.13. The maximum Gasteiger partial charge on any atom is 0.129 e. The summed E-state index contributed by atoms with van der Waals surface area (Å²) in [7, 11) is 0. The predicted octanol–water partition coefficient (Wildman–Crippen LogP) is 2.27. The largest absolute Gasteiger partial charge is 0.490 e. The van der Waals surface area contributed by atoms with Crippen LogP contribution in [0.4, 0.5) is 0 Å². The molecule has 17 heavy (non-hydrogen) atoms. The van der Waals surface area contributed by atoms with Gasteiger partial charge in [0.1, 0.15) is 17.3 Å². The summed E-state index contributed by atoms with van der Waals surface area (Å²) in [6.07, 6.45) is 4.10. The van der Waals surface area contributed by atoms with Crippen LogP contribution in [0.25, 0.3) is 0 Å². The highest BCUT2D eigenvalue weighted by atomic mass is 32.1. The Morgan fingerprint density at radius 1 is 1.29 bits per heavy atom. The van der Waals surface area contributed by atoms with Gasteiger partial charge in [-0.3, -0.25) is 0 Å². The normalized spacial score (nSPS) is 15.3. The van der Waals surface area contributed by atoms with Crippen LogP contribution in [0.3, 0.4) is 0 Å². The molecule has 0 radical (unpaired) electrons. The maximum absolute atomic E-state index is 5.62. The van der Waals surface area contributed by atoms with Gasteiger partial charge < -0.3 is 15.2 Å². The number of ether oxygens (including phenoxy) is 2. The SMILES string of the molecule is NC(=S)c1ccccc1OCCOC1CCC1. The van der Waals surface area contributed by atoms with Crippen molar-refractivity contribution in [3.05, 3.63) is 29.8 Å². The van der Waals surface area contributed by atoms with Crippen molar-refractivity contribution in [3.8, 4) is 5.75 Å². The zero-order valence-corrected chi connectivity index (χ0v) is 10.5. The topological polar surface area (TPSA) is 44.5 Å². The molecule has 0 atom stereocenters. The summed E-state index contributed by atoms with van der Waals surface area (Å²) in [4.78, 5) is 0.362. The molecule has 1 aliphatic carbocycles. The van der Waals surface area contributed by atoms with Crippen molar-refractivity contribution in [2.75, 3.05) is 13.2 Å². The summed E-state index contributed by atoms with van der Waals surface area (Å²) < 4.78 is 11.2. The van der Waals surface area contributed by atoms with Crippen LogP contribution in [-0.4, -0.2) is 24.3 Å². The predicted molar refractivity (Wildman–Crippen MR) is 71.4 cm³/mol. The summed E-state index contributed by atoms with van der Waals surface area (Å²) >= 11 is 4.96. The monoisotopic (exact) mass is 251 g/mol. The minimum atomic E-state index is 0.362. The van der Waals surface area contributed by atoms with Gasteiger partial charge in [0.25, 0.3) is 0 Å². The number of benzene rings is 1. The van der Waals surface area contributed by atoms with Gasteiger partial charge in [0.2, 0.25) is 0 Å². The lowest BCUT2D eigenvalue weighted by atomic mass is 9.96. The molecule has 1 aromatic rings. The average Bonchev–Trinajstić information content (AvgIpc) is 2.26. The molecule has 0 amide bonds. The molecule has 4 heteroatoms. The van der Waals surface area contributed by atoms with Gasteiger partial charge in [-0.1, -0.05) is 24.4 Å². The lowest BCUT2D eigenvalue weighted by Gasteiger charge is -2.25. The van der Waals surface area contributed by atoms with Gasteiger partial charge in [0.15, 0.2) is 0 Å². The van der Waals surface area contributed by atoms with Crippen LogP contribution in [0.2, 0.25) is 0 Å². The van der Waals surface area contributed by atoms with E-state index in [0.717, 1.165) is 11.3 Å². The van der Waals surface area contributed by atoms with Gasteiger partial charge in [-0.25, -0.2) is 0 Å². The van der Waals surface area contributed by atoms with Crippen LogP contribution in [0.5, 0.6) is 5.75 Å². The molecule has 1 aliphatic rings. The molecule has 2 N–H and O–H groups in total. The fourth-order valence-electron chi connectivity index (χ4n) is 1.70. The number of thiocarbonyl (C=S) groups is 1. The Kier molecular flexibility index (Phi) is 4.34. The van der Waals surface area contributed by atoms with E-state index < -0.39 is 0 Å². The molecule has 3 nitrogen and oxygen atoms in total. The molecular weight excluding hydrogens is 234 g/mol. The summed E-state index contributed by atoms with van der Waals surface area (Å²) in [5.74, 6) is 0.734. The maximum atomic E-state index is 5.62. The minimum Gasteiger partial charge on any atom is -0.490 e. The van der Waals surface area contributed by atoms with Crippen molar-refractivity contribution in [2.45, 2.75) is 25.4 Å². The van der Waals surface area contributed by atoms with Gasteiger partial charge in [0, 0.05) is 0 Å². The fraction of sp³-hybridized carbons (Fsp3) is 0.462. The van der Waals surface area contributed by atoms with E-state index >= 15 is 0 Å². The van der Waals surface area contributed by atoms with Gasteiger partial charge in [-0.15, -0.1) is 0 Å². The quantitative estimate of drug-likeness (QED) is 0.622. The Balaban J connectivity index is 1.79. The summed E-state index contributed by atoms with van der Waals surface area (Å²) in [6, 6.07) is 7.54.